The van der Waals surface area contributed by atoms with Gasteiger partial charge < -0.3 is 0 Å². The molecule has 0 aliphatic carbocycles. The highest BCUT2D eigenvalue weighted by atomic mass is 16.3. The van der Waals surface area contributed by atoms with Gasteiger partial charge in [0.1, 0.15) is 0 Å². The molecule has 0 spiro atoms. The van der Waals surface area contributed by atoms with Gasteiger partial charge in [-0.25, -0.2) is 0 Å². The Kier molecular flexibility index (Phi) is 11.4. The second kappa shape index (κ2) is 11.7. The minimum absolute atomic E-state index is 0.0960. The lowest BCUT2D eigenvalue weighted by Gasteiger charge is -2.08. The summed E-state index contributed by atoms with van der Waals surface area (Å²) in [7, 11) is 0. The molecule has 0 rings (SSSR count). The Balaban J connectivity index is 3.34. The van der Waals surface area contributed by atoms with Crippen molar-refractivity contribution in [2.75, 3.05) is 0 Å². The Bertz CT molecular complexity index is 124. The van der Waals surface area contributed by atoms with E-state index in [1.807, 2.05) is 0 Å². The van der Waals surface area contributed by atoms with Crippen molar-refractivity contribution in [3.63, 3.8) is 0 Å². The zero-order chi connectivity index (χ0) is 11.4. The minimum atomic E-state index is 0.0960. The van der Waals surface area contributed by atoms with Gasteiger partial charge in [-0.1, -0.05) is 70.4 Å². The molecule has 0 unspecified atom stereocenters. The van der Waals surface area contributed by atoms with Crippen LogP contribution < -0.4 is 0 Å². The molecule has 2 heteroatoms. The van der Waals surface area contributed by atoms with E-state index < -0.39 is 0 Å². The maximum Gasteiger partial charge on any atom is 0.0919 e. The molecule has 0 saturated heterocycles. The predicted molar refractivity (Wildman–Crippen MR) is 67.1 cm³/mol. The summed E-state index contributed by atoms with van der Waals surface area (Å²) < 4.78 is 0. The van der Waals surface area contributed by atoms with E-state index in [-0.39, 0.29) is 6.04 Å². The Hall–Kier alpha value is -0.400. The van der Waals surface area contributed by atoms with E-state index in [0.717, 1.165) is 12.8 Å². The second-order valence-corrected chi connectivity index (χ2v) is 4.46. The van der Waals surface area contributed by atoms with Gasteiger partial charge in [0.25, 0.3) is 0 Å². The summed E-state index contributed by atoms with van der Waals surface area (Å²) in [6.45, 7) is 4.42. The number of hydrogen-bond acceptors (Lipinski definition) is 2. The smallest absolute Gasteiger partial charge is 0.0919 e. The van der Waals surface area contributed by atoms with Gasteiger partial charge in [-0.15, -0.1) is 0 Å². The summed E-state index contributed by atoms with van der Waals surface area (Å²) in [5.74, 6) is 0. The lowest BCUT2D eigenvalue weighted by Crippen LogP contribution is -2.03. The van der Waals surface area contributed by atoms with Crippen LogP contribution in [-0.2, 0) is 0 Å². The first-order valence-electron chi connectivity index (χ1n) is 6.67. The minimum Gasteiger partial charge on any atom is -0.151 e. The Morgan fingerprint density at radius 3 is 1.60 bits per heavy atom. The first-order valence-corrected chi connectivity index (χ1v) is 6.67. The van der Waals surface area contributed by atoms with Crippen molar-refractivity contribution in [2.45, 2.75) is 84.1 Å². The van der Waals surface area contributed by atoms with E-state index in [1.54, 1.807) is 0 Å². The van der Waals surface area contributed by atoms with Crippen molar-refractivity contribution in [3.05, 3.63) is 4.91 Å². The largest absolute Gasteiger partial charge is 0.151 e. The summed E-state index contributed by atoms with van der Waals surface area (Å²) in [5.41, 5.74) is 0. The first-order chi connectivity index (χ1) is 7.35. The van der Waals surface area contributed by atoms with Gasteiger partial charge in [0, 0.05) is 0 Å². The van der Waals surface area contributed by atoms with Gasteiger partial charge in [0.15, 0.2) is 0 Å². The van der Waals surface area contributed by atoms with Crippen LogP contribution >= 0.6 is 0 Å². The zero-order valence-electron chi connectivity index (χ0n) is 10.5. The fourth-order valence-corrected chi connectivity index (χ4v) is 1.86. The van der Waals surface area contributed by atoms with Crippen LogP contribution in [0, 0.1) is 4.91 Å². The zero-order valence-corrected chi connectivity index (χ0v) is 10.5. The summed E-state index contributed by atoms with van der Waals surface area (Å²) in [6.07, 6.45) is 12.0. The standard InChI is InChI=1S/C13H27NO/c1-3-5-7-9-11-13(14-15)12-10-8-6-4-2/h13H,3-12H2,1-2H3. The molecule has 0 saturated carbocycles. The number of nitrogens with zero attached hydrogens (tertiary/aromatic N) is 1. The lowest BCUT2D eigenvalue weighted by molar-refractivity contribution is 0.492. The topological polar surface area (TPSA) is 29.4 Å². The molecule has 0 amide bonds. The quantitative estimate of drug-likeness (QED) is 0.348. The summed E-state index contributed by atoms with van der Waals surface area (Å²) in [6, 6.07) is 0.0960. The number of rotatable bonds is 11. The fourth-order valence-electron chi connectivity index (χ4n) is 1.86. The summed E-state index contributed by atoms with van der Waals surface area (Å²) in [5, 5.41) is 3.23. The molecule has 0 aromatic rings. The van der Waals surface area contributed by atoms with E-state index in [9.17, 15) is 4.91 Å². The molecular weight excluding hydrogens is 186 g/mol. The summed E-state index contributed by atoms with van der Waals surface area (Å²) >= 11 is 0. The van der Waals surface area contributed by atoms with Crippen molar-refractivity contribution in [3.8, 4) is 0 Å². The van der Waals surface area contributed by atoms with E-state index in [4.69, 9.17) is 0 Å². The third kappa shape index (κ3) is 9.89. The highest BCUT2D eigenvalue weighted by Gasteiger charge is 2.07. The SMILES string of the molecule is CCCCCCC(CCCCCC)N=O. The van der Waals surface area contributed by atoms with Gasteiger partial charge in [-0.05, 0) is 12.8 Å². The molecule has 0 atom stereocenters. The van der Waals surface area contributed by atoms with Crippen LogP contribution in [0.15, 0.2) is 5.18 Å². The second-order valence-electron chi connectivity index (χ2n) is 4.46. The number of unbranched alkanes of at least 4 members (excludes halogenated alkanes) is 6. The Labute approximate surface area is 94.8 Å². The molecule has 0 radical (unpaired) electrons. The van der Waals surface area contributed by atoms with E-state index in [2.05, 4.69) is 19.0 Å². The predicted octanol–water partition coefficient (Wildman–Crippen LogP) is 5.06. The third-order valence-electron chi connectivity index (χ3n) is 2.93. The van der Waals surface area contributed by atoms with Gasteiger partial charge in [-0.2, -0.15) is 4.91 Å². The first kappa shape index (κ1) is 14.6. The van der Waals surface area contributed by atoms with Crippen LogP contribution in [0.5, 0.6) is 0 Å². The molecule has 0 N–H and O–H groups in total. The lowest BCUT2D eigenvalue weighted by atomic mass is 10.0. The molecule has 15 heavy (non-hydrogen) atoms. The highest BCUT2D eigenvalue weighted by molar-refractivity contribution is 4.65. The normalized spacial score (nSPS) is 10.9. The monoisotopic (exact) mass is 213 g/mol. The highest BCUT2D eigenvalue weighted by Crippen LogP contribution is 2.14. The van der Waals surface area contributed by atoms with Crippen LogP contribution in [0.1, 0.15) is 78.1 Å². The van der Waals surface area contributed by atoms with Crippen LogP contribution in [0.4, 0.5) is 0 Å². The van der Waals surface area contributed by atoms with Crippen molar-refractivity contribution < 1.29 is 0 Å². The molecule has 2 nitrogen and oxygen atoms in total. The maximum absolute atomic E-state index is 10.6. The van der Waals surface area contributed by atoms with Crippen molar-refractivity contribution >= 4 is 0 Å². The van der Waals surface area contributed by atoms with Crippen LogP contribution in [-0.4, -0.2) is 6.04 Å². The van der Waals surface area contributed by atoms with Gasteiger partial charge in [0.05, 0.1) is 6.04 Å². The average molecular weight is 213 g/mol. The van der Waals surface area contributed by atoms with Crippen LogP contribution in [0.3, 0.4) is 0 Å². The van der Waals surface area contributed by atoms with E-state index in [0.29, 0.717) is 0 Å². The van der Waals surface area contributed by atoms with Gasteiger partial charge in [-0.3, -0.25) is 0 Å². The molecule has 90 valence electrons. The van der Waals surface area contributed by atoms with Crippen molar-refractivity contribution in [1.29, 1.82) is 0 Å². The van der Waals surface area contributed by atoms with Crippen LogP contribution in [0.2, 0.25) is 0 Å². The fraction of sp³-hybridized carbons (Fsp3) is 1.00. The maximum atomic E-state index is 10.6. The van der Waals surface area contributed by atoms with Crippen LogP contribution in [0.25, 0.3) is 0 Å². The van der Waals surface area contributed by atoms with E-state index in [1.165, 1.54) is 51.4 Å². The Morgan fingerprint density at radius 2 is 1.27 bits per heavy atom. The Morgan fingerprint density at radius 1 is 0.800 bits per heavy atom. The molecule has 0 aromatic carbocycles. The molecule has 0 aliphatic heterocycles. The average Bonchev–Trinajstić information content (AvgIpc) is 2.27. The molecule has 0 aromatic heterocycles. The van der Waals surface area contributed by atoms with Gasteiger partial charge >= 0.3 is 0 Å². The molecule has 0 aliphatic rings. The van der Waals surface area contributed by atoms with Gasteiger partial charge in [0.2, 0.25) is 0 Å². The third-order valence-corrected chi connectivity index (χ3v) is 2.93. The number of nitroso groups, excluding NO2 is 1. The molecule has 0 fully saturated rings. The molecular formula is C13H27NO. The number of hydrogen-bond donors (Lipinski definition) is 0. The van der Waals surface area contributed by atoms with Crippen molar-refractivity contribution in [2.24, 2.45) is 5.18 Å². The summed E-state index contributed by atoms with van der Waals surface area (Å²) in [4.78, 5) is 10.6. The molecule has 0 heterocycles. The van der Waals surface area contributed by atoms with E-state index >= 15 is 0 Å². The van der Waals surface area contributed by atoms with Crippen molar-refractivity contribution in [1.82, 2.24) is 0 Å². The molecule has 0 bridgehead atoms.